The van der Waals surface area contributed by atoms with E-state index in [2.05, 4.69) is 0 Å². The molecule has 4 heteroatoms. The fourth-order valence-electron chi connectivity index (χ4n) is 2.28. The number of amides is 1. The molecule has 0 bridgehead atoms. The molecule has 2 atom stereocenters. The Kier molecular flexibility index (Phi) is 3.87. The van der Waals surface area contributed by atoms with Gasteiger partial charge in [-0.3, -0.25) is 4.79 Å². The zero-order chi connectivity index (χ0) is 13.1. The Bertz CT molecular complexity index is 423. The van der Waals surface area contributed by atoms with Crippen molar-refractivity contribution in [2.24, 2.45) is 0 Å². The summed E-state index contributed by atoms with van der Waals surface area (Å²) in [6.07, 6.45) is 0.173. The number of hydrogen-bond donors (Lipinski definition) is 0. The highest BCUT2D eigenvalue weighted by molar-refractivity contribution is 5.94. The number of methoxy groups -OCH3 is 1. The van der Waals surface area contributed by atoms with Crippen molar-refractivity contribution in [3.05, 3.63) is 29.8 Å². The molecule has 18 heavy (non-hydrogen) atoms. The first-order valence-corrected chi connectivity index (χ1v) is 6.19. The summed E-state index contributed by atoms with van der Waals surface area (Å²) in [6.45, 7) is 5.25. The lowest BCUT2D eigenvalue weighted by Crippen LogP contribution is -2.48. The topological polar surface area (TPSA) is 38.8 Å². The van der Waals surface area contributed by atoms with Gasteiger partial charge in [-0.05, 0) is 32.0 Å². The van der Waals surface area contributed by atoms with Crippen LogP contribution >= 0.6 is 0 Å². The van der Waals surface area contributed by atoms with Gasteiger partial charge in [-0.2, -0.15) is 0 Å². The highest BCUT2D eigenvalue weighted by atomic mass is 16.5. The van der Waals surface area contributed by atoms with Crippen LogP contribution in [-0.4, -0.2) is 43.2 Å². The molecule has 0 aliphatic carbocycles. The van der Waals surface area contributed by atoms with E-state index in [1.807, 2.05) is 36.9 Å². The molecule has 0 radical (unpaired) electrons. The Balaban J connectivity index is 2.14. The van der Waals surface area contributed by atoms with Crippen molar-refractivity contribution in [1.82, 2.24) is 4.90 Å². The fraction of sp³-hybridized carbons (Fsp3) is 0.500. The van der Waals surface area contributed by atoms with E-state index < -0.39 is 0 Å². The van der Waals surface area contributed by atoms with Crippen molar-refractivity contribution in [3.8, 4) is 5.75 Å². The third kappa shape index (κ3) is 2.82. The highest BCUT2D eigenvalue weighted by Gasteiger charge is 2.26. The van der Waals surface area contributed by atoms with Crippen LogP contribution < -0.4 is 4.74 Å². The molecular weight excluding hydrogens is 230 g/mol. The maximum absolute atomic E-state index is 12.4. The van der Waals surface area contributed by atoms with Crippen molar-refractivity contribution in [3.63, 3.8) is 0 Å². The third-order valence-electron chi connectivity index (χ3n) is 3.02. The van der Waals surface area contributed by atoms with Gasteiger partial charge in [0.2, 0.25) is 0 Å². The Morgan fingerprint density at radius 3 is 2.61 bits per heavy atom. The number of nitrogens with zero attached hydrogens (tertiary/aromatic N) is 1. The summed E-state index contributed by atoms with van der Waals surface area (Å²) in [6, 6.07) is 7.25. The molecule has 1 heterocycles. The molecule has 0 saturated carbocycles. The lowest BCUT2D eigenvalue weighted by molar-refractivity contribution is -0.0586. The zero-order valence-corrected chi connectivity index (χ0v) is 11.1. The molecule has 98 valence electrons. The largest absolute Gasteiger partial charge is 0.497 e. The molecule has 1 aromatic carbocycles. The number of morpholine rings is 1. The van der Waals surface area contributed by atoms with Crippen LogP contribution in [0.1, 0.15) is 24.2 Å². The lowest BCUT2D eigenvalue weighted by Gasteiger charge is -2.35. The van der Waals surface area contributed by atoms with Gasteiger partial charge in [0.1, 0.15) is 5.75 Å². The molecule has 1 aliphatic rings. The molecule has 1 amide bonds. The summed E-state index contributed by atoms with van der Waals surface area (Å²) < 4.78 is 10.8. The highest BCUT2D eigenvalue weighted by Crippen LogP contribution is 2.17. The maximum atomic E-state index is 12.4. The van der Waals surface area contributed by atoms with Gasteiger partial charge in [-0.15, -0.1) is 0 Å². The first kappa shape index (κ1) is 12.9. The quantitative estimate of drug-likeness (QED) is 0.804. The number of rotatable bonds is 2. The predicted molar refractivity (Wildman–Crippen MR) is 68.9 cm³/mol. The Morgan fingerprint density at radius 2 is 2.00 bits per heavy atom. The van der Waals surface area contributed by atoms with Crippen molar-refractivity contribution in [2.45, 2.75) is 26.1 Å². The van der Waals surface area contributed by atoms with Crippen LogP contribution in [0, 0.1) is 0 Å². The summed E-state index contributed by atoms with van der Waals surface area (Å²) in [5.74, 6) is 0.742. The van der Waals surface area contributed by atoms with Crippen molar-refractivity contribution >= 4 is 5.91 Å². The van der Waals surface area contributed by atoms with Gasteiger partial charge in [0.25, 0.3) is 5.91 Å². The Labute approximate surface area is 107 Å². The Hall–Kier alpha value is -1.55. The van der Waals surface area contributed by atoms with Crippen LogP contribution in [0.4, 0.5) is 0 Å². The molecule has 4 nitrogen and oxygen atoms in total. The zero-order valence-electron chi connectivity index (χ0n) is 11.1. The third-order valence-corrected chi connectivity index (χ3v) is 3.02. The van der Waals surface area contributed by atoms with E-state index in [0.717, 1.165) is 0 Å². The first-order chi connectivity index (χ1) is 8.60. The monoisotopic (exact) mass is 249 g/mol. The smallest absolute Gasteiger partial charge is 0.254 e. The van der Waals surface area contributed by atoms with Gasteiger partial charge >= 0.3 is 0 Å². The second-order valence-corrected chi connectivity index (χ2v) is 4.70. The van der Waals surface area contributed by atoms with Crippen LogP contribution in [-0.2, 0) is 4.74 Å². The predicted octanol–water partition coefficient (Wildman–Crippen LogP) is 1.94. The summed E-state index contributed by atoms with van der Waals surface area (Å²) >= 11 is 0. The van der Waals surface area contributed by atoms with E-state index in [1.165, 1.54) is 0 Å². The van der Waals surface area contributed by atoms with E-state index in [4.69, 9.17) is 9.47 Å². The van der Waals surface area contributed by atoms with Gasteiger partial charge in [-0.1, -0.05) is 6.07 Å². The van der Waals surface area contributed by atoms with Crippen LogP contribution in [0.5, 0.6) is 5.75 Å². The molecule has 1 fully saturated rings. The molecule has 1 aliphatic heterocycles. The minimum Gasteiger partial charge on any atom is -0.497 e. The standard InChI is InChI=1S/C14H19NO3/c1-10-8-15(9-11(2)18-10)14(16)12-5-4-6-13(7-12)17-3/h4-7,10-11H,8-9H2,1-3H3. The second kappa shape index (κ2) is 5.40. The second-order valence-electron chi connectivity index (χ2n) is 4.70. The average Bonchev–Trinajstić information content (AvgIpc) is 2.37. The van der Waals surface area contributed by atoms with Gasteiger partial charge < -0.3 is 14.4 Å². The summed E-state index contributed by atoms with van der Waals surface area (Å²) in [7, 11) is 1.60. The summed E-state index contributed by atoms with van der Waals surface area (Å²) in [5, 5.41) is 0. The van der Waals surface area contributed by atoms with E-state index >= 15 is 0 Å². The summed E-state index contributed by atoms with van der Waals surface area (Å²) in [4.78, 5) is 14.2. The van der Waals surface area contributed by atoms with E-state index in [1.54, 1.807) is 13.2 Å². The minimum atomic E-state index is 0.0379. The van der Waals surface area contributed by atoms with Crippen LogP contribution in [0.3, 0.4) is 0 Å². The van der Waals surface area contributed by atoms with E-state index in [9.17, 15) is 4.79 Å². The van der Waals surface area contributed by atoms with Gasteiger partial charge in [0.05, 0.1) is 19.3 Å². The molecule has 1 saturated heterocycles. The van der Waals surface area contributed by atoms with Gasteiger partial charge in [0.15, 0.2) is 0 Å². The number of hydrogen-bond acceptors (Lipinski definition) is 3. The number of carbonyl (C=O) groups is 1. The first-order valence-electron chi connectivity index (χ1n) is 6.19. The Morgan fingerprint density at radius 1 is 1.33 bits per heavy atom. The van der Waals surface area contributed by atoms with E-state index in [0.29, 0.717) is 24.4 Å². The van der Waals surface area contributed by atoms with Crippen molar-refractivity contribution in [2.75, 3.05) is 20.2 Å². The fourth-order valence-corrected chi connectivity index (χ4v) is 2.28. The van der Waals surface area contributed by atoms with Crippen LogP contribution in [0.25, 0.3) is 0 Å². The average molecular weight is 249 g/mol. The minimum absolute atomic E-state index is 0.0379. The van der Waals surface area contributed by atoms with E-state index in [-0.39, 0.29) is 18.1 Å². The molecule has 0 spiro atoms. The van der Waals surface area contributed by atoms with Gasteiger partial charge in [-0.25, -0.2) is 0 Å². The van der Waals surface area contributed by atoms with Crippen LogP contribution in [0.15, 0.2) is 24.3 Å². The number of ether oxygens (including phenoxy) is 2. The molecule has 2 unspecified atom stereocenters. The van der Waals surface area contributed by atoms with Crippen molar-refractivity contribution in [1.29, 1.82) is 0 Å². The van der Waals surface area contributed by atoms with Crippen molar-refractivity contribution < 1.29 is 14.3 Å². The molecule has 2 rings (SSSR count). The lowest BCUT2D eigenvalue weighted by atomic mass is 10.1. The molecular formula is C14H19NO3. The molecule has 0 aromatic heterocycles. The molecule has 0 N–H and O–H groups in total. The summed E-state index contributed by atoms with van der Waals surface area (Å²) in [5.41, 5.74) is 0.663. The van der Waals surface area contributed by atoms with Gasteiger partial charge in [0, 0.05) is 18.7 Å². The maximum Gasteiger partial charge on any atom is 0.254 e. The van der Waals surface area contributed by atoms with Crippen LogP contribution in [0.2, 0.25) is 0 Å². The number of benzene rings is 1. The SMILES string of the molecule is COc1cccc(C(=O)N2CC(C)OC(C)C2)c1. The normalized spacial score (nSPS) is 23.8. The molecule has 1 aromatic rings. The number of carbonyl (C=O) groups excluding carboxylic acids is 1.